The van der Waals surface area contributed by atoms with Gasteiger partial charge in [-0.15, -0.1) is 0 Å². The highest BCUT2D eigenvalue weighted by Gasteiger charge is 2.09. The van der Waals surface area contributed by atoms with Gasteiger partial charge in [0, 0.05) is 13.0 Å². The fraction of sp³-hybridized carbons (Fsp3) is 0.529. The third-order valence-corrected chi connectivity index (χ3v) is 2.83. The molecule has 0 fully saturated rings. The Morgan fingerprint density at radius 3 is 2.80 bits per heavy atom. The molecule has 0 bridgehead atoms. The molecule has 0 saturated heterocycles. The highest BCUT2D eigenvalue weighted by Crippen LogP contribution is 2.23. The Bertz CT molecular complexity index is 460. The zero-order valence-electron chi connectivity index (χ0n) is 11.7. The van der Waals surface area contributed by atoms with Gasteiger partial charge in [-0.25, -0.2) is 4.79 Å². The molecule has 0 aliphatic heterocycles. The van der Waals surface area contributed by atoms with Crippen LogP contribution in [0.5, 0.6) is 0 Å². The average molecular weight is 276 g/mol. The molecule has 0 amide bonds. The molecule has 2 atom stereocenters. The van der Waals surface area contributed by atoms with Crippen molar-refractivity contribution in [3.63, 3.8) is 0 Å². The lowest BCUT2D eigenvalue weighted by atomic mass is 9.90. The zero-order valence-corrected chi connectivity index (χ0v) is 11.7. The van der Waals surface area contributed by atoms with E-state index in [0.29, 0.717) is 5.92 Å². The number of ketones is 1. The number of hydrogen-bond acceptors (Lipinski definition) is 3. The van der Waals surface area contributed by atoms with E-state index < -0.39 is 12.1 Å². The minimum atomic E-state index is -0.569. The van der Waals surface area contributed by atoms with Crippen molar-refractivity contribution in [3.8, 4) is 11.8 Å². The number of rotatable bonds is 3. The summed E-state index contributed by atoms with van der Waals surface area (Å²) in [5.74, 6) is 4.93. The first-order valence-corrected chi connectivity index (χ1v) is 6.57. The molecule has 0 aromatic rings. The number of hydrogen-bond donors (Lipinski definition) is 0. The predicted molar refractivity (Wildman–Crippen MR) is 81.0 cm³/mol. The van der Waals surface area contributed by atoms with Gasteiger partial charge in [-0.1, -0.05) is 38.0 Å². The van der Waals surface area contributed by atoms with E-state index in [1.165, 1.54) is 25.0 Å². The predicted octanol–water partition coefficient (Wildman–Crippen LogP) is 3.45. The lowest BCUT2D eigenvalue weighted by Crippen LogP contribution is -2.11. The van der Waals surface area contributed by atoms with Gasteiger partial charge in [0.25, 0.3) is 0 Å². The van der Waals surface area contributed by atoms with E-state index in [4.69, 9.17) is 4.74 Å². The molecule has 1 unspecified atom stereocenters. The smallest absolute Gasteiger partial charge is 0.331 e. The van der Waals surface area contributed by atoms with Gasteiger partial charge in [-0.2, -0.15) is 0 Å². The maximum Gasteiger partial charge on any atom is 0.331 e. The fourth-order valence-corrected chi connectivity index (χ4v) is 1.90. The van der Waals surface area contributed by atoms with Crippen LogP contribution in [0.1, 0.15) is 47.5 Å². The van der Waals surface area contributed by atoms with E-state index in [9.17, 15) is 9.59 Å². The molecule has 0 radical (unpaired) electrons. The van der Waals surface area contributed by atoms with Crippen LogP contribution in [0.25, 0.3) is 0 Å². The van der Waals surface area contributed by atoms with Crippen LogP contribution in [0.4, 0.5) is 0 Å². The molecule has 1 rings (SSSR count). The SMILES string of the molecule is C.CC(=O)C#C[C@@H](C)OC(=O)/C=C/C1=CCCC(C)C1. The Kier molecular flexibility index (Phi) is 8.31. The molecule has 0 aromatic heterocycles. The van der Waals surface area contributed by atoms with Crippen molar-refractivity contribution in [3.05, 3.63) is 23.8 Å². The highest BCUT2D eigenvalue weighted by atomic mass is 16.5. The average Bonchev–Trinajstić information content (AvgIpc) is 2.34. The topological polar surface area (TPSA) is 43.4 Å². The van der Waals surface area contributed by atoms with E-state index in [2.05, 4.69) is 24.8 Å². The maximum absolute atomic E-state index is 11.5. The number of carbonyl (C=O) groups excluding carboxylic acids is 2. The third-order valence-electron chi connectivity index (χ3n) is 2.83. The van der Waals surface area contributed by atoms with Crippen molar-refractivity contribution < 1.29 is 14.3 Å². The number of ether oxygens (including phenoxy) is 1. The van der Waals surface area contributed by atoms with E-state index in [-0.39, 0.29) is 13.2 Å². The molecule has 0 spiro atoms. The van der Waals surface area contributed by atoms with Crippen molar-refractivity contribution in [1.29, 1.82) is 0 Å². The summed E-state index contributed by atoms with van der Waals surface area (Å²) in [4.78, 5) is 22.2. The van der Waals surface area contributed by atoms with Crippen LogP contribution in [0.3, 0.4) is 0 Å². The fourth-order valence-electron chi connectivity index (χ4n) is 1.90. The van der Waals surface area contributed by atoms with Gasteiger partial charge in [-0.3, -0.25) is 4.79 Å². The van der Waals surface area contributed by atoms with E-state index in [0.717, 1.165) is 12.8 Å². The van der Waals surface area contributed by atoms with Gasteiger partial charge in [0.1, 0.15) is 0 Å². The quantitative estimate of drug-likeness (QED) is 0.343. The monoisotopic (exact) mass is 276 g/mol. The van der Waals surface area contributed by atoms with E-state index in [1.807, 2.05) is 6.08 Å². The Balaban J connectivity index is 0.00000361. The van der Waals surface area contributed by atoms with Crippen LogP contribution in [0, 0.1) is 17.8 Å². The Morgan fingerprint density at radius 1 is 1.50 bits per heavy atom. The summed E-state index contributed by atoms with van der Waals surface area (Å²) in [5.41, 5.74) is 1.18. The van der Waals surface area contributed by atoms with Crippen LogP contribution >= 0.6 is 0 Å². The zero-order chi connectivity index (χ0) is 14.3. The number of esters is 1. The van der Waals surface area contributed by atoms with E-state index >= 15 is 0 Å². The third kappa shape index (κ3) is 7.58. The molecule has 0 saturated carbocycles. The molecule has 1 aliphatic carbocycles. The minimum absolute atomic E-state index is 0. The summed E-state index contributed by atoms with van der Waals surface area (Å²) in [7, 11) is 0. The first-order valence-electron chi connectivity index (χ1n) is 6.57. The molecular weight excluding hydrogens is 252 g/mol. The van der Waals surface area contributed by atoms with Crippen molar-refractivity contribution in [1.82, 2.24) is 0 Å². The van der Waals surface area contributed by atoms with Gasteiger partial charge in [-0.05, 0) is 38.0 Å². The van der Waals surface area contributed by atoms with Crippen LogP contribution in [0.2, 0.25) is 0 Å². The Morgan fingerprint density at radius 2 is 2.20 bits per heavy atom. The van der Waals surface area contributed by atoms with Gasteiger partial charge in [0.15, 0.2) is 6.10 Å². The summed E-state index contributed by atoms with van der Waals surface area (Å²) in [6, 6.07) is 0. The van der Waals surface area contributed by atoms with Crippen molar-refractivity contribution in [2.45, 2.75) is 53.6 Å². The summed E-state index contributed by atoms with van der Waals surface area (Å²) in [5, 5.41) is 0. The lowest BCUT2D eigenvalue weighted by molar-refractivity contribution is -0.139. The second kappa shape index (κ2) is 9.14. The number of allylic oxidation sites excluding steroid dienone is 3. The molecule has 3 nitrogen and oxygen atoms in total. The highest BCUT2D eigenvalue weighted by molar-refractivity contribution is 5.93. The molecular formula is C17H24O3. The summed E-state index contributed by atoms with van der Waals surface area (Å²) in [6.45, 7) is 5.22. The molecule has 20 heavy (non-hydrogen) atoms. The number of carbonyl (C=O) groups is 2. The molecule has 3 heteroatoms. The molecule has 0 N–H and O–H groups in total. The molecule has 1 aliphatic rings. The second-order valence-electron chi connectivity index (χ2n) is 4.90. The lowest BCUT2D eigenvalue weighted by Gasteiger charge is -2.16. The maximum atomic E-state index is 11.5. The summed E-state index contributed by atoms with van der Waals surface area (Å²) >= 11 is 0. The molecule has 0 heterocycles. The van der Waals surface area contributed by atoms with Crippen molar-refractivity contribution in [2.75, 3.05) is 0 Å². The van der Waals surface area contributed by atoms with Crippen LogP contribution in [-0.2, 0) is 14.3 Å². The number of Topliss-reactive ketones (excluding diaryl/α,β-unsaturated/α-hetero) is 1. The van der Waals surface area contributed by atoms with Gasteiger partial charge >= 0.3 is 5.97 Å². The molecule has 110 valence electrons. The van der Waals surface area contributed by atoms with Gasteiger partial charge in [0.2, 0.25) is 5.78 Å². The molecule has 0 aromatic carbocycles. The largest absolute Gasteiger partial charge is 0.446 e. The first-order chi connectivity index (χ1) is 8.97. The van der Waals surface area contributed by atoms with Crippen LogP contribution < -0.4 is 0 Å². The van der Waals surface area contributed by atoms with Gasteiger partial charge in [0.05, 0.1) is 0 Å². The summed E-state index contributed by atoms with van der Waals surface area (Å²) in [6.07, 6.45) is 8.10. The normalized spacial score (nSPS) is 19.1. The minimum Gasteiger partial charge on any atom is -0.446 e. The first kappa shape index (κ1) is 18.2. The Hall–Kier alpha value is -1.82. The Labute approximate surface area is 122 Å². The van der Waals surface area contributed by atoms with Crippen molar-refractivity contribution >= 4 is 11.8 Å². The summed E-state index contributed by atoms with van der Waals surface area (Å²) < 4.78 is 5.04. The van der Waals surface area contributed by atoms with E-state index in [1.54, 1.807) is 6.92 Å². The van der Waals surface area contributed by atoms with Crippen LogP contribution in [0.15, 0.2) is 23.8 Å². The van der Waals surface area contributed by atoms with Crippen molar-refractivity contribution in [2.24, 2.45) is 5.92 Å². The van der Waals surface area contributed by atoms with Gasteiger partial charge < -0.3 is 4.74 Å². The standard InChI is InChI=1S/C16H20O3.CH4/c1-12-5-4-6-15(11-12)9-10-16(18)19-14(3)8-7-13(2)17;/h6,9-10,12,14H,4-5,11H2,1-3H3;1H4/b10-9+;/t12?,14-;/m1./s1. The second-order valence-corrected chi connectivity index (χ2v) is 4.90. The van der Waals surface area contributed by atoms with Crippen LogP contribution in [-0.4, -0.2) is 17.9 Å².